The number of rotatable bonds is 7. The van der Waals surface area contributed by atoms with E-state index in [1.807, 2.05) is 22.8 Å². The first kappa shape index (κ1) is 18.7. The monoisotopic (exact) mass is 346 g/mol. The number of para-hydroxylation sites is 1. The van der Waals surface area contributed by atoms with Crippen LogP contribution >= 0.6 is 0 Å². The van der Waals surface area contributed by atoms with Gasteiger partial charge in [0.05, 0.1) is 0 Å². The smallest absolute Gasteiger partial charge is 0.237 e. The summed E-state index contributed by atoms with van der Waals surface area (Å²) < 4.78 is 8.20. The molecule has 0 unspecified atom stereocenters. The highest BCUT2D eigenvalue weighted by Gasteiger charge is 2.36. The normalized spacial score (nSPS) is 12.7. The average Bonchev–Trinajstić information content (AvgIpc) is 2.80. The molecule has 0 aliphatic rings. The lowest BCUT2D eigenvalue weighted by Gasteiger charge is -2.36. The number of nitrogens with zero attached hydrogens (tertiary/aromatic N) is 1. The fourth-order valence-corrected chi connectivity index (χ4v) is 3.71. The number of benzene rings is 1. The van der Waals surface area contributed by atoms with Gasteiger partial charge in [-0.15, -0.1) is 0 Å². The van der Waals surface area contributed by atoms with E-state index in [2.05, 4.69) is 46.1 Å². The van der Waals surface area contributed by atoms with Crippen molar-refractivity contribution in [1.29, 1.82) is 0 Å². The van der Waals surface area contributed by atoms with E-state index in [1.54, 1.807) is 0 Å². The fourth-order valence-electron chi connectivity index (χ4n) is 2.63. The molecule has 0 saturated heterocycles. The molecule has 5 heteroatoms. The third kappa shape index (κ3) is 4.27. The summed E-state index contributed by atoms with van der Waals surface area (Å²) in [6.07, 6.45) is 3.99. The number of hydrogen-bond donors (Lipinski definition) is 1. The standard InChI is InChI=1S/C19H30N2O2Si/c1-19(2,3)24(4,5)23-12-8-9-15-13-21(14-18(20)22)17-11-7-6-10-16(15)17/h6-7,10-11,13H,8-9,12,14H2,1-5H3,(H2,20,22). The summed E-state index contributed by atoms with van der Waals surface area (Å²) in [6, 6.07) is 8.17. The number of aryl methyl sites for hydroxylation is 1. The zero-order valence-electron chi connectivity index (χ0n) is 15.6. The Bertz CT molecular complexity index is 714. The second kappa shape index (κ2) is 7.11. The van der Waals surface area contributed by atoms with Crippen LogP contribution in [-0.2, 0) is 22.2 Å². The van der Waals surface area contributed by atoms with E-state index in [1.165, 1.54) is 10.9 Å². The molecule has 132 valence electrons. The van der Waals surface area contributed by atoms with Crippen LogP contribution in [0.3, 0.4) is 0 Å². The number of carbonyl (C=O) groups excluding carboxylic acids is 1. The molecule has 0 bridgehead atoms. The SMILES string of the molecule is CC(C)(C)[Si](C)(C)OCCCc1cn(CC(N)=O)c2ccccc12. The van der Waals surface area contributed by atoms with Crippen molar-refractivity contribution < 1.29 is 9.22 Å². The van der Waals surface area contributed by atoms with Gasteiger partial charge in [-0.3, -0.25) is 4.79 Å². The third-order valence-corrected chi connectivity index (χ3v) is 9.60. The predicted octanol–water partition coefficient (Wildman–Crippen LogP) is 4.08. The first-order valence-electron chi connectivity index (χ1n) is 8.61. The van der Waals surface area contributed by atoms with Crippen LogP contribution in [0.1, 0.15) is 32.8 Å². The second-order valence-corrected chi connectivity index (χ2v) is 12.8. The highest BCUT2D eigenvalue weighted by atomic mass is 28.4. The van der Waals surface area contributed by atoms with Gasteiger partial charge in [-0.2, -0.15) is 0 Å². The van der Waals surface area contributed by atoms with Crippen LogP contribution < -0.4 is 5.73 Å². The number of carbonyl (C=O) groups is 1. The highest BCUT2D eigenvalue weighted by molar-refractivity contribution is 6.74. The topological polar surface area (TPSA) is 57.2 Å². The Labute approximate surface area is 146 Å². The van der Waals surface area contributed by atoms with Crippen molar-refractivity contribution in [2.45, 2.75) is 58.3 Å². The molecule has 1 amide bonds. The number of amides is 1. The minimum atomic E-state index is -1.68. The summed E-state index contributed by atoms with van der Waals surface area (Å²) in [4.78, 5) is 11.3. The Morgan fingerprint density at radius 1 is 1.25 bits per heavy atom. The van der Waals surface area contributed by atoms with Crippen molar-refractivity contribution in [1.82, 2.24) is 4.57 Å². The maximum atomic E-state index is 11.3. The van der Waals surface area contributed by atoms with E-state index >= 15 is 0 Å². The molecule has 0 fully saturated rings. The zero-order chi connectivity index (χ0) is 18.0. The lowest BCUT2D eigenvalue weighted by atomic mass is 10.1. The van der Waals surface area contributed by atoms with Crippen molar-refractivity contribution in [2.24, 2.45) is 5.73 Å². The van der Waals surface area contributed by atoms with Crippen molar-refractivity contribution in [2.75, 3.05) is 6.61 Å². The summed E-state index contributed by atoms with van der Waals surface area (Å²) in [7, 11) is -1.68. The summed E-state index contributed by atoms with van der Waals surface area (Å²) in [5.74, 6) is -0.316. The van der Waals surface area contributed by atoms with Gasteiger partial charge in [0.25, 0.3) is 0 Å². The van der Waals surface area contributed by atoms with Gasteiger partial charge in [-0.05, 0) is 42.6 Å². The molecule has 4 nitrogen and oxygen atoms in total. The molecule has 0 aliphatic carbocycles. The first-order chi connectivity index (χ1) is 11.1. The van der Waals surface area contributed by atoms with Gasteiger partial charge >= 0.3 is 0 Å². The van der Waals surface area contributed by atoms with Crippen LogP contribution in [0, 0.1) is 0 Å². The number of nitrogens with two attached hydrogens (primary N) is 1. The maximum absolute atomic E-state index is 11.3. The van der Waals surface area contributed by atoms with Gasteiger partial charge in [-0.1, -0.05) is 39.0 Å². The predicted molar refractivity (Wildman–Crippen MR) is 103 cm³/mol. The van der Waals surface area contributed by atoms with Crippen LogP contribution in [0.4, 0.5) is 0 Å². The van der Waals surface area contributed by atoms with Crippen molar-refractivity contribution in [3.63, 3.8) is 0 Å². The molecular formula is C19H30N2O2Si. The Morgan fingerprint density at radius 3 is 2.54 bits per heavy atom. The van der Waals surface area contributed by atoms with Crippen LogP contribution in [0.2, 0.25) is 18.1 Å². The van der Waals surface area contributed by atoms with E-state index in [4.69, 9.17) is 10.2 Å². The molecule has 0 spiro atoms. The largest absolute Gasteiger partial charge is 0.417 e. The Hall–Kier alpha value is -1.59. The molecule has 2 aromatic rings. The fraction of sp³-hybridized carbons (Fsp3) is 0.526. The van der Waals surface area contributed by atoms with E-state index in [0.29, 0.717) is 0 Å². The van der Waals surface area contributed by atoms with Gasteiger partial charge in [0.15, 0.2) is 8.32 Å². The summed E-state index contributed by atoms with van der Waals surface area (Å²) >= 11 is 0. The van der Waals surface area contributed by atoms with E-state index < -0.39 is 8.32 Å². The quantitative estimate of drug-likeness (QED) is 0.606. The molecule has 0 atom stereocenters. The van der Waals surface area contributed by atoms with Gasteiger partial charge < -0.3 is 14.7 Å². The zero-order valence-corrected chi connectivity index (χ0v) is 16.6. The van der Waals surface area contributed by atoms with Gasteiger partial charge in [0.1, 0.15) is 6.54 Å². The number of fused-ring (bicyclic) bond motifs is 1. The summed E-state index contributed by atoms with van der Waals surface area (Å²) in [5, 5.41) is 1.44. The molecular weight excluding hydrogens is 316 g/mol. The van der Waals surface area contributed by atoms with Crippen LogP contribution in [-0.4, -0.2) is 25.4 Å². The minimum absolute atomic E-state index is 0.223. The van der Waals surface area contributed by atoms with E-state index in [-0.39, 0.29) is 17.5 Å². The average molecular weight is 347 g/mol. The minimum Gasteiger partial charge on any atom is -0.417 e. The summed E-state index contributed by atoms with van der Waals surface area (Å²) in [6.45, 7) is 12.4. The number of primary amides is 1. The Balaban J connectivity index is 2.04. The van der Waals surface area contributed by atoms with Gasteiger partial charge in [0, 0.05) is 23.7 Å². The van der Waals surface area contributed by atoms with E-state index in [0.717, 1.165) is 25.0 Å². The molecule has 1 heterocycles. The molecule has 0 saturated carbocycles. The Morgan fingerprint density at radius 2 is 1.92 bits per heavy atom. The maximum Gasteiger partial charge on any atom is 0.237 e. The molecule has 2 rings (SSSR count). The lowest BCUT2D eigenvalue weighted by Crippen LogP contribution is -2.41. The third-order valence-electron chi connectivity index (χ3n) is 5.06. The lowest BCUT2D eigenvalue weighted by molar-refractivity contribution is -0.118. The first-order valence-corrected chi connectivity index (χ1v) is 11.5. The molecule has 1 aromatic carbocycles. The van der Waals surface area contributed by atoms with E-state index in [9.17, 15) is 4.79 Å². The number of aromatic nitrogens is 1. The molecule has 0 radical (unpaired) electrons. The van der Waals surface area contributed by atoms with Crippen LogP contribution in [0.15, 0.2) is 30.5 Å². The van der Waals surface area contributed by atoms with Crippen molar-refractivity contribution in [3.8, 4) is 0 Å². The molecule has 0 aliphatic heterocycles. The van der Waals surface area contributed by atoms with Crippen LogP contribution in [0.25, 0.3) is 10.9 Å². The van der Waals surface area contributed by atoms with Gasteiger partial charge in [-0.25, -0.2) is 0 Å². The molecule has 1 aromatic heterocycles. The Kier molecular flexibility index (Phi) is 5.55. The second-order valence-electron chi connectivity index (χ2n) is 7.98. The van der Waals surface area contributed by atoms with Crippen molar-refractivity contribution in [3.05, 3.63) is 36.0 Å². The van der Waals surface area contributed by atoms with Crippen molar-refractivity contribution >= 4 is 25.1 Å². The number of hydrogen-bond acceptors (Lipinski definition) is 2. The van der Waals surface area contributed by atoms with Crippen LogP contribution in [0.5, 0.6) is 0 Å². The highest BCUT2D eigenvalue weighted by Crippen LogP contribution is 2.36. The summed E-state index contributed by atoms with van der Waals surface area (Å²) in [5.41, 5.74) is 7.68. The molecule has 2 N–H and O–H groups in total. The molecule has 24 heavy (non-hydrogen) atoms. The van der Waals surface area contributed by atoms with Gasteiger partial charge in [0.2, 0.25) is 5.91 Å².